The minimum Gasteiger partial charge on any atom is -0.350 e. The van der Waals surface area contributed by atoms with E-state index < -0.39 is 35.5 Å². The summed E-state index contributed by atoms with van der Waals surface area (Å²) in [7, 11) is 0. The number of halogens is 4. The molecule has 0 unspecified atom stereocenters. The van der Waals surface area contributed by atoms with E-state index in [2.05, 4.69) is 10.6 Å². The molecule has 2 N–H and O–H groups in total. The van der Waals surface area contributed by atoms with Crippen molar-refractivity contribution in [1.82, 2.24) is 20.4 Å². The number of benzene rings is 1. The molecule has 1 aromatic carbocycles. The van der Waals surface area contributed by atoms with Crippen LogP contribution in [0.4, 0.5) is 17.6 Å². The van der Waals surface area contributed by atoms with Gasteiger partial charge in [-0.15, -0.1) is 0 Å². The highest BCUT2D eigenvalue weighted by atomic mass is 19.4. The maximum Gasteiger partial charge on any atom is 0.395 e. The molecule has 0 aliphatic carbocycles. The summed E-state index contributed by atoms with van der Waals surface area (Å²) in [6, 6.07) is 3.55. The summed E-state index contributed by atoms with van der Waals surface area (Å²) >= 11 is 0. The Bertz CT molecular complexity index is 936. The number of carbonyl (C=O) groups is 3. The van der Waals surface area contributed by atoms with Crippen molar-refractivity contribution in [2.45, 2.75) is 70.9 Å². The lowest BCUT2D eigenvalue weighted by Crippen LogP contribution is -2.61. The number of fused-ring (bicyclic) bond motifs is 1. The number of amides is 3. The van der Waals surface area contributed by atoms with Gasteiger partial charge in [-0.1, -0.05) is 12.1 Å². The zero-order chi connectivity index (χ0) is 26.0. The average Bonchev–Trinajstić information content (AvgIpc) is 3.17. The Morgan fingerprint density at radius 2 is 1.74 bits per heavy atom. The Hall–Kier alpha value is -2.69. The third-order valence-corrected chi connectivity index (χ3v) is 6.72. The molecule has 0 aromatic heterocycles. The summed E-state index contributed by atoms with van der Waals surface area (Å²) < 4.78 is 53.6. The zero-order valence-corrected chi connectivity index (χ0v) is 20.1. The molecule has 2 fully saturated rings. The minimum absolute atomic E-state index is 0.0783. The highest BCUT2D eigenvalue weighted by Crippen LogP contribution is 2.38. The van der Waals surface area contributed by atoms with Crippen LogP contribution in [0.2, 0.25) is 0 Å². The lowest BCUT2D eigenvalue weighted by Gasteiger charge is -2.41. The van der Waals surface area contributed by atoms with Gasteiger partial charge in [-0.3, -0.25) is 19.3 Å². The summed E-state index contributed by atoms with van der Waals surface area (Å²) in [5.74, 6) is -1.70. The van der Waals surface area contributed by atoms with E-state index in [9.17, 15) is 31.9 Å². The van der Waals surface area contributed by atoms with Gasteiger partial charge in [-0.25, -0.2) is 4.39 Å². The van der Waals surface area contributed by atoms with E-state index in [-0.39, 0.29) is 37.4 Å². The van der Waals surface area contributed by atoms with Gasteiger partial charge in [0.15, 0.2) is 0 Å². The van der Waals surface area contributed by atoms with Gasteiger partial charge < -0.3 is 15.5 Å². The first-order valence-corrected chi connectivity index (χ1v) is 11.7. The first kappa shape index (κ1) is 26.9. The maximum atomic E-state index is 13.5. The molecule has 2 heterocycles. The van der Waals surface area contributed by atoms with Crippen LogP contribution in [0.5, 0.6) is 0 Å². The molecule has 2 aliphatic rings. The van der Waals surface area contributed by atoms with Gasteiger partial charge in [-0.05, 0) is 50.8 Å². The minimum atomic E-state index is -4.42. The maximum absolute atomic E-state index is 13.5. The molecule has 194 valence electrons. The summed E-state index contributed by atoms with van der Waals surface area (Å²) in [6.45, 7) is 3.55. The van der Waals surface area contributed by atoms with Gasteiger partial charge in [-0.2, -0.15) is 13.2 Å². The second-order valence-electron chi connectivity index (χ2n) is 10.00. The SMILES string of the molecule is CC(=O)N[C@H]1CN(CC(C)(C)C(F)(F)F)CC[C@H]2CC[C@@H](C(=O)NCc3ccc(F)cc3)N2C1=O. The molecule has 3 rings (SSSR count). The average molecular weight is 501 g/mol. The van der Waals surface area contributed by atoms with Crippen LogP contribution in [0, 0.1) is 11.2 Å². The molecule has 0 radical (unpaired) electrons. The Morgan fingerprint density at radius 3 is 2.34 bits per heavy atom. The van der Waals surface area contributed by atoms with Gasteiger partial charge in [0.05, 0.1) is 5.41 Å². The lowest BCUT2D eigenvalue weighted by molar-refractivity contribution is -0.217. The number of hydrogen-bond donors (Lipinski definition) is 2. The Kier molecular flexibility index (Phi) is 8.08. The fourth-order valence-electron chi connectivity index (χ4n) is 4.75. The highest BCUT2D eigenvalue weighted by Gasteiger charge is 2.50. The van der Waals surface area contributed by atoms with E-state index in [4.69, 9.17) is 0 Å². The van der Waals surface area contributed by atoms with Crippen LogP contribution in [-0.2, 0) is 20.9 Å². The quantitative estimate of drug-likeness (QED) is 0.589. The number of alkyl halides is 3. The summed E-state index contributed by atoms with van der Waals surface area (Å²) in [6.07, 6.45) is -3.06. The van der Waals surface area contributed by atoms with Crippen LogP contribution in [0.1, 0.15) is 45.6 Å². The molecule has 0 saturated carbocycles. The van der Waals surface area contributed by atoms with E-state index in [1.807, 2.05) is 0 Å². The molecule has 0 bridgehead atoms. The van der Waals surface area contributed by atoms with Gasteiger partial charge in [0.1, 0.15) is 17.9 Å². The standard InChI is InChI=1S/C24H32F4N4O3/c1-15(33)30-19-13-31(14-23(2,3)24(26,27)28)11-10-18-8-9-20(32(18)22(19)35)21(34)29-12-16-4-6-17(25)7-5-16/h4-7,18-20H,8-14H2,1-3H3,(H,29,34)(H,30,33)/t18-,19+,20+/m1/s1. The predicted octanol–water partition coefficient (Wildman–Crippen LogP) is 2.60. The molecule has 3 atom stereocenters. The van der Waals surface area contributed by atoms with Crippen molar-refractivity contribution in [2.75, 3.05) is 19.6 Å². The number of rotatable bonds is 6. The van der Waals surface area contributed by atoms with E-state index in [0.29, 0.717) is 31.4 Å². The van der Waals surface area contributed by atoms with Crippen LogP contribution >= 0.6 is 0 Å². The Balaban J connectivity index is 1.75. The van der Waals surface area contributed by atoms with Crippen molar-refractivity contribution >= 4 is 17.7 Å². The van der Waals surface area contributed by atoms with E-state index in [1.54, 1.807) is 17.0 Å². The highest BCUT2D eigenvalue weighted by molar-refractivity contribution is 5.92. The topological polar surface area (TPSA) is 81.8 Å². The monoisotopic (exact) mass is 500 g/mol. The molecular weight excluding hydrogens is 468 g/mol. The van der Waals surface area contributed by atoms with Gasteiger partial charge in [0.25, 0.3) is 0 Å². The van der Waals surface area contributed by atoms with Crippen LogP contribution in [0.3, 0.4) is 0 Å². The van der Waals surface area contributed by atoms with Crippen molar-refractivity contribution in [3.05, 3.63) is 35.6 Å². The van der Waals surface area contributed by atoms with Gasteiger partial charge in [0, 0.05) is 39.1 Å². The summed E-state index contributed by atoms with van der Waals surface area (Å²) in [4.78, 5) is 41.3. The molecule has 35 heavy (non-hydrogen) atoms. The number of hydrogen-bond acceptors (Lipinski definition) is 4. The van der Waals surface area contributed by atoms with E-state index >= 15 is 0 Å². The molecule has 2 saturated heterocycles. The van der Waals surface area contributed by atoms with Crippen LogP contribution in [0.15, 0.2) is 24.3 Å². The molecule has 7 nitrogen and oxygen atoms in total. The molecule has 0 spiro atoms. The van der Waals surface area contributed by atoms with Gasteiger partial charge in [0.2, 0.25) is 17.7 Å². The van der Waals surface area contributed by atoms with E-state index in [0.717, 1.165) is 13.8 Å². The number of nitrogens with one attached hydrogen (secondary N) is 2. The van der Waals surface area contributed by atoms with Crippen LogP contribution in [-0.4, -0.2) is 71.5 Å². The van der Waals surface area contributed by atoms with Crippen LogP contribution in [0.25, 0.3) is 0 Å². The number of carbonyl (C=O) groups excluding carboxylic acids is 3. The number of nitrogens with zero attached hydrogens (tertiary/aromatic N) is 2. The normalized spacial score (nSPS) is 23.9. The molecular formula is C24H32F4N4O3. The second kappa shape index (κ2) is 10.5. The second-order valence-corrected chi connectivity index (χ2v) is 10.00. The molecule has 11 heteroatoms. The lowest BCUT2D eigenvalue weighted by atomic mass is 9.91. The largest absolute Gasteiger partial charge is 0.395 e. The molecule has 2 aliphatic heterocycles. The first-order valence-electron chi connectivity index (χ1n) is 11.7. The first-order chi connectivity index (χ1) is 16.3. The molecule has 1 aromatic rings. The fraction of sp³-hybridized carbons (Fsp3) is 0.625. The van der Waals surface area contributed by atoms with Crippen molar-refractivity contribution in [3.63, 3.8) is 0 Å². The summed E-state index contributed by atoms with van der Waals surface area (Å²) in [5.41, 5.74) is -1.29. The van der Waals surface area contributed by atoms with Crippen LogP contribution < -0.4 is 10.6 Å². The zero-order valence-electron chi connectivity index (χ0n) is 20.1. The van der Waals surface area contributed by atoms with Crippen molar-refractivity contribution in [2.24, 2.45) is 5.41 Å². The Morgan fingerprint density at radius 1 is 1.09 bits per heavy atom. The third kappa shape index (κ3) is 6.50. The van der Waals surface area contributed by atoms with Gasteiger partial charge >= 0.3 is 6.18 Å². The predicted molar refractivity (Wildman–Crippen MR) is 120 cm³/mol. The summed E-state index contributed by atoms with van der Waals surface area (Å²) in [5, 5.41) is 5.35. The van der Waals surface area contributed by atoms with E-state index in [1.165, 1.54) is 24.0 Å². The van der Waals surface area contributed by atoms with Crippen molar-refractivity contribution in [1.29, 1.82) is 0 Å². The third-order valence-electron chi connectivity index (χ3n) is 6.72. The Labute approximate surface area is 202 Å². The molecule has 3 amide bonds. The van der Waals surface area contributed by atoms with Crippen molar-refractivity contribution < 1.29 is 31.9 Å². The fourth-order valence-corrected chi connectivity index (χ4v) is 4.75. The van der Waals surface area contributed by atoms with Crippen molar-refractivity contribution in [3.8, 4) is 0 Å². The smallest absolute Gasteiger partial charge is 0.350 e.